The van der Waals surface area contributed by atoms with E-state index in [-0.39, 0.29) is 5.69 Å². The van der Waals surface area contributed by atoms with Crippen LogP contribution in [-0.2, 0) is 6.54 Å². The van der Waals surface area contributed by atoms with Gasteiger partial charge in [0, 0.05) is 18.2 Å². The quantitative estimate of drug-likeness (QED) is 0.907. The van der Waals surface area contributed by atoms with Crippen molar-refractivity contribution in [1.29, 1.82) is 0 Å². The second-order valence-electron chi connectivity index (χ2n) is 4.13. The van der Waals surface area contributed by atoms with Gasteiger partial charge < -0.3 is 14.8 Å². The Morgan fingerprint density at radius 2 is 1.85 bits per heavy atom. The molecule has 1 N–H and O–H groups in total. The minimum atomic E-state index is -0.889. The monoisotopic (exact) mass is 279 g/mol. The maximum absolute atomic E-state index is 13.5. The molecule has 0 saturated carbocycles. The molecule has 0 saturated heterocycles. The molecule has 0 unspecified atom stereocenters. The van der Waals surface area contributed by atoms with E-state index in [0.29, 0.717) is 18.0 Å². The van der Waals surface area contributed by atoms with Gasteiger partial charge in [-0.2, -0.15) is 0 Å². The molecule has 0 radical (unpaired) electrons. The summed E-state index contributed by atoms with van der Waals surface area (Å²) in [7, 11) is 3.11. The molecule has 20 heavy (non-hydrogen) atoms. The summed E-state index contributed by atoms with van der Waals surface area (Å²) in [6.07, 6.45) is 0. The van der Waals surface area contributed by atoms with E-state index >= 15 is 0 Å². The Kier molecular flexibility index (Phi) is 4.40. The van der Waals surface area contributed by atoms with Crippen LogP contribution in [0.25, 0.3) is 0 Å². The number of hydrogen-bond donors (Lipinski definition) is 1. The van der Waals surface area contributed by atoms with Gasteiger partial charge in [-0.25, -0.2) is 8.78 Å². The van der Waals surface area contributed by atoms with Gasteiger partial charge in [-0.3, -0.25) is 0 Å². The van der Waals surface area contributed by atoms with Gasteiger partial charge >= 0.3 is 0 Å². The summed E-state index contributed by atoms with van der Waals surface area (Å²) >= 11 is 0. The summed E-state index contributed by atoms with van der Waals surface area (Å²) in [4.78, 5) is 0. The third-order valence-corrected chi connectivity index (χ3v) is 2.92. The highest BCUT2D eigenvalue weighted by molar-refractivity contribution is 5.48. The van der Waals surface area contributed by atoms with Crippen LogP contribution in [0.5, 0.6) is 11.5 Å². The van der Waals surface area contributed by atoms with Crippen molar-refractivity contribution in [3.05, 3.63) is 53.6 Å². The van der Waals surface area contributed by atoms with E-state index in [2.05, 4.69) is 5.32 Å². The molecule has 0 spiro atoms. The smallest absolute Gasteiger partial charge is 0.181 e. The van der Waals surface area contributed by atoms with Crippen LogP contribution in [-0.4, -0.2) is 14.2 Å². The predicted octanol–water partition coefficient (Wildman–Crippen LogP) is 3.59. The lowest BCUT2D eigenvalue weighted by molar-refractivity contribution is 0.391. The minimum Gasteiger partial charge on any atom is -0.497 e. The zero-order valence-corrected chi connectivity index (χ0v) is 11.2. The fourth-order valence-electron chi connectivity index (χ4n) is 1.83. The Balaban J connectivity index is 2.16. The van der Waals surface area contributed by atoms with Crippen LogP contribution in [0.1, 0.15) is 5.56 Å². The molecule has 2 aromatic rings. The lowest BCUT2D eigenvalue weighted by Gasteiger charge is -2.12. The first-order valence-electron chi connectivity index (χ1n) is 6.04. The fraction of sp³-hybridized carbons (Fsp3) is 0.200. The maximum atomic E-state index is 13.5. The van der Waals surface area contributed by atoms with Crippen molar-refractivity contribution in [2.45, 2.75) is 6.54 Å². The van der Waals surface area contributed by atoms with Gasteiger partial charge in [0.25, 0.3) is 0 Å². The van der Waals surface area contributed by atoms with Gasteiger partial charge in [0.2, 0.25) is 0 Å². The molecule has 5 heteroatoms. The topological polar surface area (TPSA) is 30.5 Å². The highest BCUT2D eigenvalue weighted by Gasteiger charge is 2.09. The Morgan fingerprint density at radius 3 is 2.55 bits per heavy atom. The predicted molar refractivity (Wildman–Crippen MR) is 73.2 cm³/mol. The number of anilines is 1. The Morgan fingerprint density at radius 1 is 1.05 bits per heavy atom. The second-order valence-corrected chi connectivity index (χ2v) is 4.13. The first kappa shape index (κ1) is 14.1. The molecule has 3 nitrogen and oxygen atoms in total. The van der Waals surface area contributed by atoms with E-state index < -0.39 is 11.6 Å². The zero-order valence-electron chi connectivity index (χ0n) is 11.2. The molecule has 2 aromatic carbocycles. The molecular weight excluding hydrogens is 264 g/mol. The standard InChI is InChI=1S/C15H15F2NO2/c1-19-11-7-6-10(14(8-11)20-2)9-18-13-5-3-4-12(16)15(13)17/h3-8,18H,9H2,1-2H3. The molecule has 0 aliphatic carbocycles. The first-order chi connectivity index (χ1) is 9.65. The highest BCUT2D eigenvalue weighted by atomic mass is 19.2. The van der Waals surface area contributed by atoms with Crippen molar-refractivity contribution < 1.29 is 18.3 Å². The number of methoxy groups -OCH3 is 2. The number of halogens is 2. The summed E-state index contributed by atoms with van der Waals surface area (Å²) < 4.78 is 37.0. The molecule has 0 bridgehead atoms. The van der Waals surface area contributed by atoms with Crippen molar-refractivity contribution in [2.24, 2.45) is 0 Å². The van der Waals surface area contributed by atoms with Crippen LogP contribution in [0.3, 0.4) is 0 Å². The van der Waals surface area contributed by atoms with E-state index in [1.54, 1.807) is 26.4 Å². The van der Waals surface area contributed by atoms with E-state index in [0.717, 1.165) is 11.6 Å². The number of hydrogen-bond acceptors (Lipinski definition) is 3. The minimum absolute atomic E-state index is 0.114. The summed E-state index contributed by atoms with van der Waals surface area (Å²) in [6, 6.07) is 9.33. The van der Waals surface area contributed by atoms with Crippen LogP contribution in [0.4, 0.5) is 14.5 Å². The number of nitrogens with one attached hydrogen (secondary N) is 1. The van der Waals surface area contributed by atoms with Crippen molar-refractivity contribution in [2.75, 3.05) is 19.5 Å². The lowest BCUT2D eigenvalue weighted by atomic mass is 10.2. The third-order valence-electron chi connectivity index (χ3n) is 2.92. The molecule has 0 atom stereocenters. The third kappa shape index (κ3) is 2.99. The molecule has 0 aliphatic rings. The Hall–Kier alpha value is -2.30. The average molecular weight is 279 g/mol. The van der Waals surface area contributed by atoms with Crippen molar-refractivity contribution in [1.82, 2.24) is 0 Å². The first-order valence-corrected chi connectivity index (χ1v) is 6.04. The molecular formula is C15H15F2NO2. The summed E-state index contributed by atoms with van der Waals surface area (Å²) in [5, 5.41) is 2.85. The molecule has 0 amide bonds. The van der Waals surface area contributed by atoms with Crippen molar-refractivity contribution in [3.8, 4) is 11.5 Å². The van der Waals surface area contributed by atoms with Gasteiger partial charge in [0.05, 0.1) is 19.9 Å². The zero-order chi connectivity index (χ0) is 14.5. The summed E-state index contributed by atoms with van der Waals surface area (Å²) in [6.45, 7) is 0.313. The molecule has 2 rings (SSSR count). The Bertz CT molecular complexity index is 602. The molecule has 0 aliphatic heterocycles. The second kappa shape index (κ2) is 6.23. The van der Waals surface area contributed by atoms with Gasteiger partial charge in [0.15, 0.2) is 11.6 Å². The van der Waals surface area contributed by atoms with Crippen molar-refractivity contribution in [3.63, 3.8) is 0 Å². The number of ether oxygens (including phenoxy) is 2. The van der Waals surface area contributed by atoms with Crippen molar-refractivity contribution >= 4 is 5.69 Å². The van der Waals surface area contributed by atoms with Crippen LogP contribution < -0.4 is 14.8 Å². The molecule has 0 heterocycles. The maximum Gasteiger partial charge on any atom is 0.181 e. The number of benzene rings is 2. The number of rotatable bonds is 5. The summed E-state index contributed by atoms with van der Waals surface area (Å²) in [5.74, 6) is -0.479. The molecule has 0 aromatic heterocycles. The van der Waals surface area contributed by atoms with E-state index in [4.69, 9.17) is 9.47 Å². The fourth-order valence-corrected chi connectivity index (χ4v) is 1.83. The van der Waals surface area contributed by atoms with E-state index in [1.165, 1.54) is 12.1 Å². The molecule has 106 valence electrons. The Labute approximate surface area is 116 Å². The van der Waals surface area contributed by atoms with Gasteiger partial charge in [-0.1, -0.05) is 6.07 Å². The van der Waals surface area contributed by atoms with Crippen LogP contribution in [0.2, 0.25) is 0 Å². The van der Waals surface area contributed by atoms with Crippen LogP contribution >= 0.6 is 0 Å². The largest absolute Gasteiger partial charge is 0.497 e. The normalized spacial score (nSPS) is 10.2. The van der Waals surface area contributed by atoms with E-state index in [9.17, 15) is 8.78 Å². The summed E-state index contributed by atoms with van der Waals surface area (Å²) in [5.41, 5.74) is 0.930. The lowest BCUT2D eigenvalue weighted by Crippen LogP contribution is -2.04. The highest BCUT2D eigenvalue weighted by Crippen LogP contribution is 2.26. The molecule has 0 fully saturated rings. The van der Waals surface area contributed by atoms with Crippen LogP contribution in [0, 0.1) is 11.6 Å². The van der Waals surface area contributed by atoms with Gasteiger partial charge in [-0.05, 0) is 24.3 Å². The average Bonchev–Trinajstić information content (AvgIpc) is 2.48. The van der Waals surface area contributed by atoms with Gasteiger partial charge in [-0.15, -0.1) is 0 Å². The van der Waals surface area contributed by atoms with Crippen LogP contribution in [0.15, 0.2) is 36.4 Å². The SMILES string of the molecule is COc1ccc(CNc2cccc(F)c2F)c(OC)c1. The van der Waals surface area contributed by atoms with Gasteiger partial charge in [0.1, 0.15) is 11.5 Å². The van der Waals surface area contributed by atoms with E-state index in [1.807, 2.05) is 6.07 Å².